The van der Waals surface area contributed by atoms with Gasteiger partial charge < -0.3 is 14.5 Å². The number of morpholine rings is 1. The Bertz CT molecular complexity index is 1330. The van der Waals surface area contributed by atoms with Crippen molar-refractivity contribution >= 4 is 23.1 Å². The predicted molar refractivity (Wildman–Crippen MR) is 116 cm³/mol. The van der Waals surface area contributed by atoms with Gasteiger partial charge in [0, 0.05) is 31.8 Å². The van der Waals surface area contributed by atoms with Crippen molar-refractivity contribution < 1.29 is 18.7 Å². The zero-order chi connectivity index (χ0) is 22.9. The lowest BCUT2D eigenvalue weighted by Gasteiger charge is -2.27. The quantitative estimate of drug-likeness (QED) is 0.511. The Balaban J connectivity index is 1.45. The minimum atomic E-state index is -0.663. The number of amides is 2. The van der Waals surface area contributed by atoms with E-state index in [1.54, 1.807) is 4.90 Å². The Labute approximate surface area is 187 Å². The number of hydrogen-bond acceptors (Lipinski definition) is 6. The highest BCUT2D eigenvalue weighted by molar-refractivity contribution is 6.11. The molecular formula is C22H20FN7O3. The molecule has 1 aromatic carbocycles. The van der Waals surface area contributed by atoms with Gasteiger partial charge in [-0.2, -0.15) is 5.10 Å². The number of carbonyl (C=O) groups is 2. The van der Waals surface area contributed by atoms with Crippen LogP contribution < -0.4 is 4.90 Å². The summed E-state index contributed by atoms with van der Waals surface area (Å²) in [5.74, 6) is -1.16. The second-order valence-corrected chi connectivity index (χ2v) is 7.54. The lowest BCUT2D eigenvalue weighted by Crippen LogP contribution is -2.41. The number of carbonyl (C=O) groups excluding carboxylic acids is 2. The van der Waals surface area contributed by atoms with Crippen LogP contribution in [0.1, 0.15) is 20.8 Å². The van der Waals surface area contributed by atoms with E-state index in [1.165, 1.54) is 30.0 Å². The van der Waals surface area contributed by atoms with Gasteiger partial charge in [-0.1, -0.05) is 30.3 Å². The number of hydrogen-bond donors (Lipinski definition) is 1. The monoisotopic (exact) mass is 449 g/mol. The maximum Gasteiger partial charge on any atom is 0.276 e. The molecule has 11 heteroatoms. The summed E-state index contributed by atoms with van der Waals surface area (Å²) in [5.41, 5.74) is 1.28. The van der Waals surface area contributed by atoms with E-state index in [-0.39, 0.29) is 22.9 Å². The van der Waals surface area contributed by atoms with Crippen LogP contribution >= 0.6 is 0 Å². The van der Waals surface area contributed by atoms with Crippen LogP contribution in [-0.4, -0.2) is 74.9 Å². The maximum atomic E-state index is 14.9. The van der Waals surface area contributed by atoms with Gasteiger partial charge in [0.1, 0.15) is 5.69 Å². The molecule has 1 N–H and O–H groups in total. The van der Waals surface area contributed by atoms with E-state index in [1.807, 2.05) is 30.3 Å². The molecule has 10 nitrogen and oxygen atoms in total. The first-order valence-electron chi connectivity index (χ1n) is 10.3. The summed E-state index contributed by atoms with van der Waals surface area (Å²) in [6.45, 7) is 1.72. The number of rotatable bonds is 4. The van der Waals surface area contributed by atoms with Crippen LogP contribution in [0.25, 0.3) is 17.0 Å². The molecule has 0 bridgehead atoms. The van der Waals surface area contributed by atoms with Crippen LogP contribution in [0.15, 0.2) is 48.8 Å². The van der Waals surface area contributed by atoms with E-state index >= 15 is 0 Å². The SMILES string of the molecule is CN(C(=O)c1[nH]ncc1C(=O)N1CCOCC1)c1cc2nc(-c3ccccc3)nn2cc1F. The Morgan fingerprint density at radius 2 is 1.94 bits per heavy atom. The minimum absolute atomic E-state index is 0.00103. The van der Waals surface area contributed by atoms with E-state index in [4.69, 9.17) is 4.74 Å². The molecule has 1 aliphatic heterocycles. The smallest absolute Gasteiger partial charge is 0.276 e. The third kappa shape index (κ3) is 3.82. The summed E-state index contributed by atoms with van der Waals surface area (Å²) in [7, 11) is 1.43. The highest BCUT2D eigenvalue weighted by Gasteiger charge is 2.28. The highest BCUT2D eigenvalue weighted by Crippen LogP contribution is 2.24. The number of pyridine rings is 1. The number of halogens is 1. The van der Waals surface area contributed by atoms with Crippen LogP contribution in [0.3, 0.4) is 0 Å². The molecule has 0 unspecified atom stereocenters. The van der Waals surface area contributed by atoms with Crippen LogP contribution in [0, 0.1) is 5.82 Å². The number of nitrogens with zero attached hydrogens (tertiary/aromatic N) is 6. The van der Waals surface area contributed by atoms with Crippen LogP contribution in [0.4, 0.5) is 10.1 Å². The summed E-state index contributed by atoms with van der Waals surface area (Å²) in [5, 5.41) is 10.8. The largest absolute Gasteiger partial charge is 0.378 e. The third-order valence-electron chi connectivity index (χ3n) is 5.48. The molecule has 1 aliphatic rings. The number of fused-ring (bicyclic) bond motifs is 1. The molecule has 4 heterocycles. The van der Waals surface area contributed by atoms with Gasteiger partial charge in [0.2, 0.25) is 0 Å². The molecule has 0 aliphatic carbocycles. The van der Waals surface area contributed by atoms with E-state index in [2.05, 4.69) is 20.3 Å². The fourth-order valence-corrected chi connectivity index (χ4v) is 3.69. The number of H-pyrrole nitrogens is 1. The molecule has 4 aromatic rings. The molecule has 1 saturated heterocycles. The predicted octanol–water partition coefficient (Wildman–Crippen LogP) is 2.01. The summed E-state index contributed by atoms with van der Waals surface area (Å²) in [6.07, 6.45) is 2.48. The van der Waals surface area contributed by atoms with Crippen molar-refractivity contribution in [3.63, 3.8) is 0 Å². The molecule has 0 atom stereocenters. The molecule has 0 spiro atoms. The van der Waals surface area contributed by atoms with Crippen molar-refractivity contribution in [3.05, 3.63) is 65.9 Å². The van der Waals surface area contributed by atoms with Crippen LogP contribution in [0.2, 0.25) is 0 Å². The zero-order valence-corrected chi connectivity index (χ0v) is 17.7. The molecule has 2 amide bonds. The number of anilines is 1. The molecule has 33 heavy (non-hydrogen) atoms. The first-order chi connectivity index (χ1) is 16.0. The Kier molecular flexibility index (Phi) is 5.31. The highest BCUT2D eigenvalue weighted by atomic mass is 19.1. The van der Waals surface area contributed by atoms with Gasteiger partial charge in [0.25, 0.3) is 11.8 Å². The molecule has 0 saturated carbocycles. The fraction of sp³-hybridized carbons (Fsp3) is 0.227. The molecule has 5 rings (SSSR count). The van der Waals surface area contributed by atoms with Gasteiger partial charge in [-0.3, -0.25) is 14.7 Å². The summed E-state index contributed by atoms with van der Waals surface area (Å²) >= 11 is 0. The van der Waals surface area contributed by atoms with E-state index in [0.29, 0.717) is 37.8 Å². The average Bonchev–Trinajstić information content (AvgIpc) is 3.50. The van der Waals surface area contributed by atoms with Crippen molar-refractivity contribution in [1.29, 1.82) is 0 Å². The summed E-state index contributed by atoms with van der Waals surface area (Å²) in [6, 6.07) is 10.7. The molecule has 1 fully saturated rings. The fourth-order valence-electron chi connectivity index (χ4n) is 3.69. The van der Waals surface area contributed by atoms with Crippen molar-refractivity contribution in [2.75, 3.05) is 38.3 Å². The zero-order valence-electron chi connectivity index (χ0n) is 17.7. The lowest BCUT2D eigenvalue weighted by molar-refractivity contribution is 0.0302. The number of benzene rings is 1. The normalized spacial score (nSPS) is 13.9. The van der Waals surface area contributed by atoms with Crippen LogP contribution in [0.5, 0.6) is 0 Å². The third-order valence-corrected chi connectivity index (χ3v) is 5.48. The number of aromatic amines is 1. The minimum Gasteiger partial charge on any atom is -0.378 e. The van der Waals surface area contributed by atoms with E-state index < -0.39 is 11.7 Å². The van der Waals surface area contributed by atoms with Gasteiger partial charge in [-0.15, -0.1) is 5.10 Å². The molecule has 168 valence electrons. The maximum absolute atomic E-state index is 14.9. The first kappa shape index (κ1) is 20.8. The average molecular weight is 449 g/mol. The second kappa shape index (κ2) is 8.43. The summed E-state index contributed by atoms with van der Waals surface area (Å²) in [4.78, 5) is 33.2. The lowest BCUT2D eigenvalue weighted by atomic mass is 10.2. The van der Waals surface area contributed by atoms with Gasteiger partial charge in [-0.05, 0) is 0 Å². The van der Waals surface area contributed by atoms with Crippen LogP contribution in [-0.2, 0) is 4.74 Å². The second-order valence-electron chi connectivity index (χ2n) is 7.54. The Morgan fingerprint density at radius 1 is 1.18 bits per heavy atom. The Morgan fingerprint density at radius 3 is 2.70 bits per heavy atom. The Hall–Kier alpha value is -4.12. The van der Waals surface area contributed by atoms with Gasteiger partial charge in [-0.25, -0.2) is 13.9 Å². The van der Waals surface area contributed by atoms with Crippen molar-refractivity contribution in [1.82, 2.24) is 29.7 Å². The molecular weight excluding hydrogens is 429 g/mol. The van der Waals surface area contributed by atoms with Crippen molar-refractivity contribution in [2.45, 2.75) is 0 Å². The number of nitrogens with one attached hydrogen (secondary N) is 1. The topological polar surface area (TPSA) is 109 Å². The van der Waals surface area contributed by atoms with Crippen molar-refractivity contribution in [3.8, 4) is 11.4 Å². The van der Waals surface area contributed by atoms with Gasteiger partial charge in [0.15, 0.2) is 17.3 Å². The molecule has 3 aromatic heterocycles. The summed E-state index contributed by atoms with van der Waals surface area (Å²) < 4.78 is 21.5. The van der Waals surface area contributed by atoms with Crippen molar-refractivity contribution in [2.24, 2.45) is 0 Å². The molecule has 0 radical (unpaired) electrons. The van der Waals surface area contributed by atoms with Gasteiger partial charge >= 0.3 is 0 Å². The van der Waals surface area contributed by atoms with E-state index in [0.717, 1.165) is 10.5 Å². The first-order valence-corrected chi connectivity index (χ1v) is 10.3. The number of ether oxygens (including phenoxy) is 1. The number of aromatic nitrogens is 5. The van der Waals surface area contributed by atoms with Gasteiger partial charge in [0.05, 0.1) is 36.9 Å². The van der Waals surface area contributed by atoms with E-state index in [9.17, 15) is 14.0 Å². The standard InChI is InChI=1S/C22H20FN7O3/c1-28(22(32)19-15(12-24-26-19)21(31)29-7-9-33-10-8-29)17-11-18-25-20(14-5-3-2-4-6-14)27-30(18)13-16(17)23/h2-6,11-13H,7-10H2,1H3,(H,24,26).